The topological polar surface area (TPSA) is 59.3 Å². The summed E-state index contributed by atoms with van der Waals surface area (Å²) in [6.07, 6.45) is 0. The molecule has 0 aliphatic rings. The molecule has 2 rings (SSSR count). The van der Waals surface area contributed by atoms with Crippen LogP contribution >= 0.6 is 0 Å². The number of nitrogens with zero attached hydrogens (tertiary/aromatic N) is 1. The van der Waals surface area contributed by atoms with Crippen LogP contribution in [0.15, 0.2) is 48.5 Å². The standard InChI is InChI=1S/C17H15NO3/c1-20-17(19)16-7-5-13(6-8-16)11-21-12-15-4-2-3-14(9-15)10-18/h2-9H,11-12H2,1H3. The van der Waals surface area contributed by atoms with Crippen molar-refractivity contribution in [3.8, 4) is 6.07 Å². The molecule has 4 nitrogen and oxygen atoms in total. The summed E-state index contributed by atoms with van der Waals surface area (Å²) < 4.78 is 10.2. The number of hydrogen-bond acceptors (Lipinski definition) is 4. The molecular weight excluding hydrogens is 266 g/mol. The normalized spacial score (nSPS) is 9.90. The van der Waals surface area contributed by atoms with Crippen molar-refractivity contribution in [1.29, 1.82) is 5.26 Å². The van der Waals surface area contributed by atoms with Crippen LogP contribution in [0.2, 0.25) is 0 Å². The van der Waals surface area contributed by atoms with Gasteiger partial charge in [-0.1, -0.05) is 24.3 Å². The maximum absolute atomic E-state index is 11.3. The predicted molar refractivity (Wildman–Crippen MR) is 77.4 cm³/mol. The van der Waals surface area contributed by atoms with Gasteiger partial charge >= 0.3 is 5.97 Å². The average molecular weight is 281 g/mol. The predicted octanol–water partition coefficient (Wildman–Crippen LogP) is 3.06. The van der Waals surface area contributed by atoms with Crippen molar-refractivity contribution >= 4 is 5.97 Å². The molecule has 0 fully saturated rings. The summed E-state index contributed by atoms with van der Waals surface area (Å²) in [4.78, 5) is 11.3. The summed E-state index contributed by atoms with van der Waals surface area (Å²) in [6, 6.07) is 16.5. The van der Waals surface area contributed by atoms with Crippen LogP contribution in [0.1, 0.15) is 27.0 Å². The van der Waals surface area contributed by atoms with Gasteiger partial charge in [-0.2, -0.15) is 5.26 Å². The molecule has 0 heterocycles. The fourth-order valence-corrected chi connectivity index (χ4v) is 1.87. The Balaban J connectivity index is 1.88. The van der Waals surface area contributed by atoms with E-state index in [1.807, 2.05) is 24.3 Å². The van der Waals surface area contributed by atoms with E-state index in [4.69, 9.17) is 10.00 Å². The molecule has 2 aromatic rings. The summed E-state index contributed by atoms with van der Waals surface area (Å²) in [6.45, 7) is 0.881. The Bertz CT molecular complexity index is 656. The van der Waals surface area contributed by atoms with Gasteiger partial charge in [-0.05, 0) is 35.4 Å². The number of esters is 1. The fraction of sp³-hybridized carbons (Fsp3) is 0.176. The summed E-state index contributed by atoms with van der Waals surface area (Å²) in [5, 5.41) is 8.83. The van der Waals surface area contributed by atoms with Crippen LogP contribution in [-0.4, -0.2) is 13.1 Å². The molecule has 4 heteroatoms. The number of rotatable bonds is 5. The van der Waals surface area contributed by atoms with Crippen LogP contribution in [0, 0.1) is 11.3 Å². The Morgan fingerprint density at radius 3 is 2.48 bits per heavy atom. The number of nitriles is 1. The maximum Gasteiger partial charge on any atom is 0.337 e. The van der Waals surface area contributed by atoms with Crippen molar-refractivity contribution < 1.29 is 14.3 Å². The van der Waals surface area contributed by atoms with Gasteiger partial charge < -0.3 is 9.47 Å². The summed E-state index contributed by atoms with van der Waals surface area (Å²) in [7, 11) is 1.36. The number of methoxy groups -OCH3 is 1. The van der Waals surface area contributed by atoms with Crippen molar-refractivity contribution in [2.24, 2.45) is 0 Å². The monoisotopic (exact) mass is 281 g/mol. The van der Waals surface area contributed by atoms with Gasteiger partial charge in [0, 0.05) is 0 Å². The van der Waals surface area contributed by atoms with E-state index in [2.05, 4.69) is 10.8 Å². The van der Waals surface area contributed by atoms with E-state index >= 15 is 0 Å². The zero-order chi connectivity index (χ0) is 15.1. The second-order valence-electron chi connectivity index (χ2n) is 4.49. The summed E-state index contributed by atoms with van der Waals surface area (Å²) >= 11 is 0. The van der Waals surface area contributed by atoms with Crippen molar-refractivity contribution in [3.63, 3.8) is 0 Å². The SMILES string of the molecule is COC(=O)c1ccc(COCc2cccc(C#N)c2)cc1. The lowest BCUT2D eigenvalue weighted by molar-refractivity contribution is 0.0600. The number of carbonyl (C=O) groups excluding carboxylic acids is 1. The molecule has 2 aromatic carbocycles. The van der Waals surface area contributed by atoms with Gasteiger partial charge in [0.15, 0.2) is 0 Å². The van der Waals surface area contributed by atoms with E-state index in [-0.39, 0.29) is 5.97 Å². The minimum Gasteiger partial charge on any atom is -0.465 e. The quantitative estimate of drug-likeness (QED) is 0.790. The Morgan fingerprint density at radius 1 is 1.10 bits per heavy atom. The molecule has 0 aliphatic heterocycles. The van der Waals surface area contributed by atoms with Gasteiger partial charge in [0.05, 0.1) is 37.5 Å². The molecule has 0 atom stereocenters. The third-order valence-corrected chi connectivity index (χ3v) is 2.97. The molecule has 0 bridgehead atoms. The molecule has 0 aliphatic carbocycles. The third-order valence-electron chi connectivity index (χ3n) is 2.97. The molecular formula is C17H15NO3. The number of ether oxygens (including phenoxy) is 2. The summed E-state index contributed by atoms with van der Waals surface area (Å²) in [5.41, 5.74) is 3.07. The van der Waals surface area contributed by atoms with Gasteiger partial charge in [0.25, 0.3) is 0 Å². The first-order valence-electron chi connectivity index (χ1n) is 6.47. The maximum atomic E-state index is 11.3. The van der Waals surface area contributed by atoms with Crippen LogP contribution in [0.3, 0.4) is 0 Å². The van der Waals surface area contributed by atoms with E-state index in [1.165, 1.54) is 7.11 Å². The van der Waals surface area contributed by atoms with E-state index in [9.17, 15) is 4.79 Å². The van der Waals surface area contributed by atoms with Gasteiger partial charge in [-0.15, -0.1) is 0 Å². The van der Waals surface area contributed by atoms with Crippen molar-refractivity contribution in [3.05, 3.63) is 70.8 Å². The van der Waals surface area contributed by atoms with Crippen LogP contribution in [0.25, 0.3) is 0 Å². The van der Waals surface area contributed by atoms with Crippen LogP contribution in [0.4, 0.5) is 0 Å². The van der Waals surface area contributed by atoms with Crippen LogP contribution < -0.4 is 0 Å². The minimum atomic E-state index is -0.351. The first-order valence-corrected chi connectivity index (χ1v) is 6.47. The molecule has 0 unspecified atom stereocenters. The highest BCUT2D eigenvalue weighted by Crippen LogP contribution is 2.10. The van der Waals surface area contributed by atoms with E-state index in [1.54, 1.807) is 24.3 Å². The first kappa shape index (κ1) is 14.8. The number of hydrogen-bond donors (Lipinski definition) is 0. The average Bonchev–Trinajstić information content (AvgIpc) is 2.55. The molecule has 0 N–H and O–H groups in total. The van der Waals surface area contributed by atoms with Crippen molar-refractivity contribution in [2.75, 3.05) is 7.11 Å². The third kappa shape index (κ3) is 4.16. The van der Waals surface area contributed by atoms with Gasteiger partial charge in [-0.25, -0.2) is 4.79 Å². The number of carbonyl (C=O) groups is 1. The number of benzene rings is 2. The van der Waals surface area contributed by atoms with Crippen molar-refractivity contribution in [1.82, 2.24) is 0 Å². The lowest BCUT2D eigenvalue weighted by Crippen LogP contribution is -2.01. The lowest BCUT2D eigenvalue weighted by atomic mass is 10.1. The smallest absolute Gasteiger partial charge is 0.337 e. The Morgan fingerprint density at radius 2 is 1.81 bits per heavy atom. The zero-order valence-corrected chi connectivity index (χ0v) is 11.7. The van der Waals surface area contributed by atoms with Crippen LogP contribution in [0.5, 0.6) is 0 Å². The first-order chi connectivity index (χ1) is 10.2. The van der Waals surface area contributed by atoms with E-state index in [0.29, 0.717) is 24.3 Å². The second kappa shape index (κ2) is 7.22. The highest BCUT2D eigenvalue weighted by Gasteiger charge is 2.04. The second-order valence-corrected chi connectivity index (χ2v) is 4.49. The molecule has 0 saturated carbocycles. The fourth-order valence-electron chi connectivity index (χ4n) is 1.87. The van der Waals surface area contributed by atoms with E-state index in [0.717, 1.165) is 11.1 Å². The zero-order valence-electron chi connectivity index (χ0n) is 11.7. The molecule has 0 saturated heterocycles. The van der Waals surface area contributed by atoms with Gasteiger partial charge in [0.1, 0.15) is 0 Å². The highest BCUT2D eigenvalue weighted by atomic mass is 16.5. The van der Waals surface area contributed by atoms with E-state index < -0.39 is 0 Å². The minimum absolute atomic E-state index is 0.351. The van der Waals surface area contributed by atoms with Crippen LogP contribution in [-0.2, 0) is 22.7 Å². The molecule has 106 valence electrons. The summed E-state index contributed by atoms with van der Waals surface area (Å²) in [5.74, 6) is -0.351. The molecule has 0 amide bonds. The van der Waals surface area contributed by atoms with Gasteiger partial charge in [0.2, 0.25) is 0 Å². The lowest BCUT2D eigenvalue weighted by Gasteiger charge is -2.06. The molecule has 0 aromatic heterocycles. The molecule has 21 heavy (non-hydrogen) atoms. The molecule has 0 spiro atoms. The largest absolute Gasteiger partial charge is 0.465 e. The Labute approximate surface area is 123 Å². The Kier molecular flexibility index (Phi) is 5.08. The van der Waals surface area contributed by atoms with Gasteiger partial charge in [-0.3, -0.25) is 0 Å². The molecule has 0 radical (unpaired) electrons. The Hall–Kier alpha value is -2.64. The highest BCUT2D eigenvalue weighted by molar-refractivity contribution is 5.89. The van der Waals surface area contributed by atoms with Crippen molar-refractivity contribution in [2.45, 2.75) is 13.2 Å².